The van der Waals surface area contributed by atoms with E-state index in [0.717, 1.165) is 12.5 Å². The molecular formula is C22H26F3N3O7. The molecule has 0 saturated carbocycles. The van der Waals surface area contributed by atoms with E-state index in [2.05, 4.69) is 0 Å². The molecule has 2 heterocycles. The summed E-state index contributed by atoms with van der Waals surface area (Å²) in [5.41, 5.74) is 5.86. The summed E-state index contributed by atoms with van der Waals surface area (Å²) in [4.78, 5) is 46.6. The van der Waals surface area contributed by atoms with Crippen molar-refractivity contribution in [3.8, 4) is 0 Å². The van der Waals surface area contributed by atoms with E-state index in [1.54, 1.807) is 9.80 Å². The Kier molecular flexibility index (Phi) is 9.78. The monoisotopic (exact) mass is 501 g/mol. The molecule has 5 N–H and O–H groups in total. The third-order valence-corrected chi connectivity index (χ3v) is 5.73. The van der Waals surface area contributed by atoms with Gasteiger partial charge < -0.3 is 30.9 Å². The van der Waals surface area contributed by atoms with Crippen molar-refractivity contribution in [3.63, 3.8) is 0 Å². The fourth-order valence-corrected chi connectivity index (χ4v) is 4.13. The first-order valence-corrected chi connectivity index (χ1v) is 10.6. The summed E-state index contributed by atoms with van der Waals surface area (Å²) in [6, 6.07) is 0.374. The minimum Gasteiger partial charge on any atom is -0.478 e. The summed E-state index contributed by atoms with van der Waals surface area (Å²) in [7, 11) is 0. The number of nitrogens with zero attached hydrogens (tertiary/aromatic N) is 2. The second-order valence-electron chi connectivity index (χ2n) is 8.20. The van der Waals surface area contributed by atoms with Crippen LogP contribution >= 0.6 is 0 Å². The number of carboxylic acids is 2. The minimum atomic E-state index is -1.27. The molecule has 0 aliphatic carbocycles. The summed E-state index contributed by atoms with van der Waals surface area (Å²) in [5, 5.41) is 24.6. The number of carbonyl (C=O) groups excluding carboxylic acids is 2. The number of benzene rings is 1. The van der Waals surface area contributed by atoms with E-state index in [1.165, 1.54) is 0 Å². The number of carbonyl (C=O) groups is 4. The number of nitrogens with two attached hydrogens (primary N) is 1. The SMILES string of the molecule is N[C@@H](CC(=O)N1CC[C@H]2CN(C(=O)CO)C[C@H]21)Cc1cc(F)c(F)cc1F.O=C(O)/C=C/C(=O)O. The van der Waals surface area contributed by atoms with Gasteiger partial charge in [-0.15, -0.1) is 0 Å². The van der Waals surface area contributed by atoms with Crippen LogP contribution in [0.3, 0.4) is 0 Å². The highest BCUT2D eigenvalue weighted by Crippen LogP contribution is 2.32. The highest BCUT2D eigenvalue weighted by atomic mass is 19.2. The van der Waals surface area contributed by atoms with Gasteiger partial charge in [0, 0.05) is 56.2 Å². The van der Waals surface area contributed by atoms with Crippen LogP contribution in [0.4, 0.5) is 13.2 Å². The Balaban J connectivity index is 0.000000466. The smallest absolute Gasteiger partial charge is 0.328 e. The maximum absolute atomic E-state index is 13.7. The molecule has 0 radical (unpaired) electrons. The summed E-state index contributed by atoms with van der Waals surface area (Å²) >= 11 is 0. The summed E-state index contributed by atoms with van der Waals surface area (Å²) in [6.45, 7) is 0.891. The number of aliphatic hydroxyl groups excluding tert-OH is 1. The van der Waals surface area contributed by atoms with Crippen molar-refractivity contribution < 1.29 is 47.7 Å². The molecular weight excluding hydrogens is 475 g/mol. The van der Waals surface area contributed by atoms with Crippen molar-refractivity contribution in [3.05, 3.63) is 47.3 Å². The van der Waals surface area contributed by atoms with Crippen molar-refractivity contribution in [2.24, 2.45) is 11.7 Å². The molecule has 2 aliphatic heterocycles. The molecule has 3 rings (SSSR count). The molecule has 192 valence electrons. The number of likely N-dealkylation sites (tertiary alicyclic amines) is 2. The average molecular weight is 501 g/mol. The standard InChI is InChI=1S/C18H22F3N3O3.C4H4O4/c19-13-6-15(21)14(20)4-11(13)3-12(22)5-17(26)24-2-1-10-7-23(8-16(10)24)18(27)9-25;5-3(6)1-2-4(7)8/h4,6,10,12,16,25H,1-3,5,7-9,22H2;1-2H,(H,5,6)(H,7,8)/b;2-1+/t10-,12+,16+;/m0./s1. The predicted molar refractivity (Wildman–Crippen MR) is 114 cm³/mol. The topological polar surface area (TPSA) is 161 Å². The zero-order valence-corrected chi connectivity index (χ0v) is 18.6. The number of aliphatic hydroxyl groups is 1. The van der Waals surface area contributed by atoms with E-state index in [-0.39, 0.29) is 42.2 Å². The Bertz CT molecular complexity index is 989. The minimum absolute atomic E-state index is 0.0599. The number of carboxylic acid groups (broad SMARTS) is 2. The largest absolute Gasteiger partial charge is 0.478 e. The summed E-state index contributed by atoms with van der Waals surface area (Å²) < 4.78 is 40.0. The highest BCUT2D eigenvalue weighted by molar-refractivity contribution is 5.89. The van der Waals surface area contributed by atoms with E-state index in [4.69, 9.17) is 21.1 Å². The fraction of sp³-hybridized carbons (Fsp3) is 0.455. The van der Waals surface area contributed by atoms with E-state index in [9.17, 15) is 32.3 Å². The molecule has 0 bridgehead atoms. The van der Waals surface area contributed by atoms with Crippen LogP contribution in [0.15, 0.2) is 24.3 Å². The quantitative estimate of drug-likeness (QED) is 0.303. The maximum atomic E-state index is 13.7. The van der Waals surface area contributed by atoms with Crippen molar-refractivity contribution in [1.82, 2.24) is 9.80 Å². The zero-order chi connectivity index (χ0) is 26.3. The molecule has 3 atom stereocenters. The lowest BCUT2D eigenvalue weighted by Crippen LogP contribution is -2.43. The summed E-state index contributed by atoms with van der Waals surface area (Å²) in [5.74, 6) is -6.24. The van der Waals surface area contributed by atoms with E-state index >= 15 is 0 Å². The van der Waals surface area contributed by atoms with Crippen molar-refractivity contribution in [1.29, 1.82) is 0 Å². The fourth-order valence-electron chi connectivity index (χ4n) is 4.13. The molecule has 35 heavy (non-hydrogen) atoms. The van der Waals surface area contributed by atoms with Gasteiger partial charge >= 0.3 is 11.9 Å². The first kappa shape index (κ1) is 27.8. The molecule has 0 aromatic heterocycles. The third-order valence-electron chi connectivity index (χ3n) is 5.73. The van der Waals surface area contributed by atoms with Crippen LogP contribution in [-0.2, 0) is 25.6 Å². The molecule has 2 fully saturated rings. The average Bonchev–Trinajstić information content (AvgIpc) is 3.37. The molecule has 0 spiro atoms. The molecule has 0 unspecified atom stereocenters. The Morgan fingerprint density at radius 1 is 1.00 bits per heavy atom. The van der Waals surface area contributed by atoms with Gasteiger partial charge in [-0.2, -0.15) is 0 Å². The summed E-state index contributed by atoms with van der Waals surface area (Å²) in [6.07, 6.45) is 1.73. The Labute approximate surface area is 198 Å². The molecule has 10 nitrogen and oxygen atoms in total. The first-order chi connectivity index (χ1) is 16.4. The van der Waals surface area contributed by atoms with Gasteiger partial charge in [0.1, 0.15) is 12.4 Å². The Hall–Kier alpha value is -3.45. The molecule has 1 aromatic carbocycles. The molecule has 2 amide bonds. The van der Waals surface area contributed by atoms with E-state index < -0.39 is 42.0 Å². The van der Waals surface area contributed by atoms with Crippen LogP contribution in [0.2, 0.25) is 0 Å². The second kappa shape index (κ2) is 12.3. The van der Waals surface area contributed by atoms with Crippen LogP contribution < -0.4 is 5.73 Å². The van der Waals surface area contributed by atoms with Gasteiger partial charge in [-0.1, -0.05) is 0 Å². The van der Waals surface area contributed by atoms with Crippen molar-refractivity contribution in [2.45, 2.75) is 31.3 Å². The lowest BCUT2D eigenvalue weighted by molar-refractivity contribution is -0.136. The molecule has 2 aliphatic rings. The van der Waals surface area contributed by atoms with E-state index in [1.807, 2.05) is 0 Å². The zero-order valence-electron chi connectivity index (χ0n) is 18.6. The van der Waals surface area contributed by atoms with E-state index in [0.29, 0.717) is 37.9 Å². The highest BCUT2D eigenvalue weighted by Gasteiger charge is 2.44. The number of rotatable bonds is 7. The van der Waals surface area contributed by atoms with Crippen LogP contribution in [0.1, 0.15) is 18.4 Å². The number of amides is 2. The lowest BCUT2D eigenvalue weighted by atomic mass is 10.0. The number of halogens is 3. The van der Waals surface area contributed by atoms with Gasteiger partial charge in [-0.05, 0) is 24.5 Å². The normalized spacial score (nSPS) is 19.8. The van der Waals surface area contributed by atoms with Crippen LogP contribution in [0, 0.1) is 23.4 Å². The second-order valence-corrected chi connectivity index (χ2v) is 8.20. The van der Waals surface area contributed by atoms with Crippen LogP contribution in [0.25, 0.3) is 0 Å². The van der Waals surface area contributed by atoms with Gasteiger partial charge in [-0.3, -0.25) is 9.59 Å². The number of aliphatic carboxylic acids is 2. The molecule has 1 aromatic rings. The van der Waals surface area contributed by atoms with Gasteiger partial charge in [-0.25, -0.2) is 22.8 Å². The number of hydrogen-bond donors (Lipinski definition) is 4. The van der Waals surface area contributed by atoms with Gasteiger partial charge in [0.15, 0.2) is 11.6 Å². The first-order valence-electron chi connectivity index (χ1n) is 10.6. The molecule has 2 saturated heterocycles. The van der Waals surface area contributed by atoms with Crippen molar-refractivity contribution in [2.75, 3.05) is 26.2 Å². The predicted octanol–water partition coefficient (Wildman–Crippen LogP) is 0.127. The maximum Gasteiger partial charge on any atom is 0.328 e. The number of hydrogen-bond acceptors (Lipinski definition) is 6. The van der Waals surface area contributed by atoms with Gasteiger partial charge in [0.25, 0.3) is 0 Å². The van der Waals surface area contributed by atoms with Crippen LogP contribution in [-0.4, -0.2) is 87.2 Å². The Morgan fingerprint density at radius 3 is 2.17 bits per heavy atom. The van der Waals surface area contributed by atoms with Gasteiger partial charge in [0.05, 0.1) is 6.04 Å². The third kappa shape index (κ3) is 7.79. The lowest BCUT2D eigenvalue weighted by Gasteiger charge is -2.26. The van der Waals surface area contributed by atoms with Crippen LogP contribution in [0.5, 0.6) is 0 Å². The molecule has 13 heteroatoms. The van der Waals surface area contributed by atoms with Gasteiger partial charge in [0.2, 0.25) is 11.8 Å². The van der Waals surface area contributed by atoms with Crippen molar-refractivity contribution >= 4 is 23.8 Å². The Morgan fingerprint density at radius 2 is 1.60 bits per heavy atom. The number of fused-ring (bicyclic) bond motifs is 1.